The molecule has 100 valence electrons. The van der Waals surface area contributed by atoms with Crippen molar-refractivity contribution in [2.45, 2.75) is 31.8 Å². The van der Waals surface area contributed by atoms with Crippen LogP contribution in [0.15, 0.2) is 29.9 Å². The van der Waals surface area contributed by atoms with Gasteiger partial charge >= 0.3 is 0 Å². The Hall–Kier alpha value is -1.39. The Morgan fingerprint density at radius 1 is 1.47 bits per heavy atom. The predicted octanol–water partition coefficient (Wildman–Crippen LogP) is 3.32. The summed E-state index contributed by atoms with van der Waals surface area (Å²) in [7, 11) is 1.73. The number of hydrogen-bond acceptors (Lipinski definition) is 4. The lowest BCUT2D eigenvalue weighted by atomic mass is 9.87. The highest BCUT2D eigenvalue weighted by atomic mass is 32.1. The third-order valence-corrected chi connectivity index (χ3v) is 4.45. The van der Waals surface area contributed by atoms with E-state index >= 15 is 0 Å². The van der Waals surface area contributed by atoms with Crippen LogP contribution in [0.25, 0.3) is 0 Å². The highest BCUT2D eigenvalue weighted by molar-refractivity contribution is 7.09. The smallest absolute Gasteiger partial charge is 0.119 e. The Labute approximate surface area is 117 Å². The first kappa shape index (κ1) is 12.6. The van der Waals surface area contributed by atoms with Gasteiger partial charge in [-0.25, -0.2) is 0 Å². The van der Waals surface area contributed by atoms with Crippen molar-refractivity contribution in [1.29, 1.82) is 0 Å². The van der Waals surface area contributed by atoms with Crippen LogP contribution < -0.4 is 10.1 Å². The molecule has 3 nitrogen and oxygen atoms in total. The fourth-order valence-electron chi connectivity index (χ4n) is 2.68. The van der Waals surface area contributed by atoms with E-state index in [1.165, 1.54) is 28.8 Å². The fourth-order valence-corrected chi connectivity index (χ4v) is 3.23. The number of nitrogens with one attached hydrogen (secondary N) is 1. The van der Waals surface area contributed by atoms with Gasteiger partial charge in [0.2, 0.25) is 0 Å². The monoisotopic (exact) mass is 274 g/mol. The van der Waals surface area contributed by atoms with E-state index in [0.717, 1.165) is 18.7 Å². The quantitative estimate of drug-likeness (QED) is 0.928. The van der Waals surface area contributed by atoms with Gasteiger partial charge in [0.1, 0.15) is 5.75 Å². The molecular formula is C15H18N2OS. The minimum Gasteiger partial charge on any atom is -0.497 e. The average Bonchev–Trinajstić information content (AvgIpc) is 2.97. The largest absolute Gasteiger partial charge is 0.497 e. The van der Waals surface area contributed by atoms with Gasteiger partial charge in [-0.2, -0.15) is 0 Å². The van der Waals surface area contributed by atoms with Crippen LogP contribution in [0, 0.1) is 0 Å². The van der Waals surface area contributed by atoms with E-state index in [1.807, 2.05) is 11.7 Å². The summed E-state index contributed by atoms with van der Waals surface area (Å²) in [4.78, 5) is 5.41. The molecule has 3 rings (SSSR count). The molecule has 0 fully saturated rings. The molecule has 1 aromatic heterocycles. The second-order valence-electron chi connectivity index (χ2n) is 4.86. The summed E-state index contributed by atoms with van der Waals surface area (Å²) < 4.78 is 5.31. The summed E-state index contributed by atoms with van der Waals surface area (Å²) >= 11 is 1.71. The Kier molecular flexibility index (Phi) is 3.80. The molecule has 0 aliphatic heterocycles. The summed E-state index contributed by atoms with van der Waals surface area (Å²) in [5.41, 5.74) is 4.74. The maximum Gasteiger partial charge on any atom is 0.119 e. The Balaban J connectivity index is 1.74. The SMILES string of the molecule is COc1ccc2c(c1)CCCC2NCc1cncs1. The molecule has 1 aliphatic rings. The second kappa shape index (κ2) is 5.72. The summed E-state index contributed by atoms with van der Waals surface area (Å²) in [6, 6.07) is 6.90. The first-order chi connectivity index (χ1) is 9.36. The molecule has 1 heterocycles. The number of nitrogens with zero attached hydrogens (tertiary/aromatic N) is 1. The number of hydrogen-bond donors (Lipinski definition) is 1. The molecule has 1 aliphatic carbocycles. The average molecular weight is 274 g/mol. The zero-order valence-corrected chi connectivity index (χ0v) is 11.9. The molecule has 0 radical (unpaired) electrons. The first-order valence-electron chi connectivity index (χ1n) is 6.64. The van der Waals surface area contributed by atoms with Gasteiger partial charge in [0.25, 0.3) is 0 Å². The molecule has 1 aromatic carbocycles. The zero-order valence-electron chi connectivity index (χ0n) is 11.1. The summed E-state index contributed by atoms with van der Waals surface area (Å²) in [5, 5.41) is 3.65. The highest BCUT2D eigenvalue weighted by Crippen LogP contribution is 2.32. The number of benzene rings is 1. The van der Waals surface area contributed by atoms with Crippen molar-refractivity contribution in [3.8, 4) is 5.75 Å². The van der Waals surface area contributed by atoms with Gasteiger partial charge < -0.3 is 10.1 Å². The van der Waals surface area contributed by atoms with E-state index in [2.05, 4.69) is 28.5 Å². The van der Waals surface area contributed by atoms with E-state index in [4.69, 9.17) is 4.74 Å². The number of rotatable bonds is 4. The zero-order chi connectivity index (χ0) is 13.1. The van der Waals surface area contributed by atoms with E-state index in [9.17, 15) is 0 Å². The lowest BCUT2D eigenvalue weighted by Crippen LogP contribution is -2.24. The maximum absolute atomic E-state index is 5.31. The molecule has 0 bridgehead atoms. The summed E-state index contributed by atoms with van der Waals surface area (Å²) in [5.74, 6) is 0.960. The summed E-state index contributed by atoms with van der Waals surface area (Å²) in [6.07, 6.45) is 5.54. The Morgan fingerprint density at radius 2 is 2.42 bits per heavy atom. The second-order valence-corrected chi connectivity index (χ2v) is 5.83. The maximum atomic E-state index is 5.31. The van der Waals surface area contributed by atoms with E-state index in [1.54, 1.807) is 18.4 Å². The van der Waals surface area contributed by atoms with Crippen LogP contribution in [0.4, 0.5) is 0 Å². The number of fused-ring (bicyclic) bond motifs is 1. The molecular weight excluding hydrogens is 256 g/mol. The van der Waals surface area contributed by atoms with Crippen molar-refractivity contribution in [1.82, 2.24) is 10.3 Å². The van der Waals surface area contributed by atoms with Crippen molar-refractivity contribution in [3.63, 3.8) is 0 Å². The molecule has 4 heteroatoms. The molecule has 1 N–H and O–H groups in total. The van der Waals surface area contributed by atoms with Gasteiger partial charge in [-0.15, -0.1) is 11.3 Å². The fraction of sp³-hybridized carbons (Fsp3) is 0.400. The van der Waals surface area contributed by atoms with Crippen LogP contribution >= 0.6 is 11.3 Å². The Bertz CT molecular complexity index is 539. The standard InChI is InChI=1S/C15H18N2OS/c1-18-12-5-6-14-11(7-12)3-2-4-15(14)17-9-13-8-16-10-19-13/h5-8,10,15,17H,2-4,9H2,1H3. The van der Waals surface area contributed by atoms with Crippen LogP contribution in [0.5, 0.6) is 5.75 Å². The van der Waals surface area contributed by atoms with Crippen molar-refractivity contribution in [3.05, 3.63) is 45.9 Å². The third kappa shape index (κ3) is 2.80. The molecule has 19 heavy (non-hydrogen) atoms. The lowest BCUT2D eigenvalue weighted by molar-refractivity contribution is 0.410. The van der Waals surface area contributed by atoms with Crippen LogP contribution in [0.3, 0.4) is 0 Å². The van der Waals surface area contributed by atoms with Crippen molar-refractivity contribution >= 4 is 11.3 Å². The van der Waals surface area contributed by atoms with Crippen LogP contribution in [0.2, 0.25) is 0 Å². The van der Waals surface area contributed by atoms with Crippen LogP contribution in [-0.2, 0) is 13.0 Å². The molecule has 1 unspecified atom stereocenters. The van der Waals surface area contributed by atoms with Gasteiger partial charge in [-0.1, -0.05) is 6.07 Å². The van der Waals surface area contributed by atoms with Gasteiger partial charge in [0, 0.05) is 23.7 Å². The van der Waals surface area contributed by atoms with E-state index in [-0.39, 0.29) is 0 Å². The number of aryl methyl sites for hydroxylation is 1. The van der Waals surface area contributed by atoms with E-state index < -0.39 is 0 Å². The molecule has 0 saturated heterocycles. The number of thiazole rings is 1. The van der Waals surface area contributed by atoms with Crippen molar-refractivity contribution < 1.29 is 4.74 Å². The van der Waals surface area contributed by atoms with Crippen molar-refractivity contribution in [2.24, 2.45) is 0 Å². The highest BCUT2D eigenvalue weighted by Gasteiger charge is 2.20. The van der Waals surface area contributed by atoms with Gasteiger partial charge in [-0.05, 0) is 42.5 Å². The molecule has 0 spiro atoms. The first-order valence-corrected chi connectivity index (χ1v) is 7.52. The minimum absolute atomic E-state index is 0.455. The van der Waals surface area contributed by atoms with Crippen LogP contribution in [0.1, 0.15) is 34.9 Å². The van der Waals surface area contributed by atoms with Crippen molar-refractivity contribution in [2.75, 3.05) is 7.11 Å². The van der Waals surface area contributed by atoms with E-state index in [0.29, 0.717) is 6.04 Å². The van der Waals surface area contributed by atoms with Gasteiger partial charge in [0.05, 0.1) is 12.6 Å². The predicted molar refractivity (Wildman–Crippen MR) is 77.6 cm³/mol. The normalized spacial score (nSPS) is 18.1. The minimum atomic E-state index is 0.455. The molecule has 2 aromatic rings. The molecule has 1 atom stereocenters. The number of methoxy groups -OCH3 is 1. The lowest BCUT2D eigenvalue weighted by Gasteiger charge is -2.26. The van der Waals surface area contributed by atoms with Gasteiger partial charge in [0.15, 0.2) is 0 Å². The number of ether oxygens (including phenoxy) is 1. The third-order valence-electron chi connectivity index (χ3n) is 3.67. The molecule has 0 saturated carbocycles. The van der Waals surface area contributed by atoms with Crippen LogP contribution in [-0.4, -0.2) is 12.1 Å². The topological polar surface area (TPSA) is 34.1 Å². The van der Waals surface area contributed by atoms with Gasteiger partial charge in [-0.3, -0.25) is 4.98 Å². The Morgan fingerprint density at radius 3 is 3.21 bits per heavy atom. The summed E-state index contributed by atoms with van der Waals surface area (Å²) in [6.45, 7) is 0.904. The number of aromatic nitrogens is 1. The molecule has 0 amide bonds.